The summed E-state index contributed by atoms with van der Waals surface area (Å²) in [4.78, 5) is 28.5. The van der Waals surface area contributed by atoms with Crippen molar-refractivity contribution in [3.05, 3.63) is 108 Å². The smallest absolute Gasteiger partial charge is 0.243 e. The van der Waals surface area contributed by atoms with E-state index in [0.717, 1.165) is 29.5 Å². The Balaban J connectivity index is 1.37. The molecule has 2 amide bonds. The van der Waals surface area contributed by atoms with Gasteiger partial charge in [0.15, 0.2) is 0 Å². The average molecular weight is 522 g/mol. The third-order valence-corrected chi connectivity index (χ3v) is 8.11. The van der Waals surface area contributed by atoms with Crippen molar-refractivity contribution >= 4 is 11.8 Å². The topological polar surface area (TPSA) is 73.2 Å². The predicted octanol–water partition coefficient (Wildman–Crippen LogP) is 6.56. The van der Waals surface area contributed by atoms with Gasteiger partial charge >= 0.3 is 0 Å². The molecule has 0 bridgehead atoms. The Labute approximate surface area is 232 Å². The van der Waals surface area contributed by atoms with Crippen LogP contribution in [0.5, 0.6) is 0 Å². The second-order valence-electron chi connectivity index (χ2n) is 10.8. The molecule has 1 heterocycles. The minimum absolute atomic E-state index is 0.0236. The van der Waals surface area contributed by atoms with E-state index in [2.05, 4.69) is 25.2 Å². The van der Waals surface area contributed by atoms with E-state index in [0.29, 0.717) is 32.2 Å². The first-order valence-electron chi connectivity index (χ1n) is 14.1. The van der Waals surface area contributed by atoms with Crippen LogP contribution < -0.4 is 5.32 Å². The number of hydrogen-bond acceptors (Lipinski definition) is 3. The van der Waals surface area contributed by atoms with Crippen LogP contribution in [0.15, 0.2) is 91.0 Å². The summed E-state index contributed by atoms with van der Waals surface area (Å²) >= 11 is 0. The Morgan fingerprint density at radius 1 is 0.923 bits per heavy atom. The Hall–Kier alpha value is -3.91. The molecule has 0 aliphatic carbocycles. The predicted molar refractivity (Wildman–Crippen MR) is 155 cm³/mol. The van der Waals surface area contributed by atoms with Crippen LogP contribution in [0.1, 0.15) is 75.1 Å². The fourth-order valence-corrected chi connectivity index (χ4v) is 5.80. The fraction of sp³-hybridized carbons (Fsp3) is 0.382. The van der Waals surface area contributed by atoms with Gasteiger partial charge in [-0.1, -0.05) is 111 Å². The Morgan fingerprint density at radius 3 is 2.03 bits per heavy atom. The molecular weight excluding hydrogens is 482 g/mol. The highest BCUT2D eigenvalue weighted by Gasteiger charge is 2.37. The van der Waals surface area contributed by atoms with Crippen molar-refractivity contribution in [2.45, 2.75) is 69.9 Å². The zero-order valence-electron chi connectivity index (χ0n) is 23.1. The van der Waals surface area contributed by atoms with Gasteiger partial charge in [0, 0.05) is 13.0 Å². The number of rotatable bonds is 11. The number of benzene rings is 3. The van der Waals surface area contributed by atoms with Crippen LogP contribution >= 0.6 is 0 Å². The summed E-state index contributed by atoms with van der Waals surface area (Å²) in [7, 11) is 0. The molecule has 39 heavy (non-hydrogen) atoms. The standard InChI is InChI=1S/C34H39N3O2/c1-26(2)34(25-35,29-19-10-5-11-20-29)23-13-12-22-31(38)37-24-14-21-30(37)33(39)36-32(27-15-6-3-7-16-27)28-17-8-4-9-18-28/h3-11,15-20,26,30,32H,12-14,21-24H2,1-2H3,(H,36,39)/t30-,34-/m1/s1. The molecule has 1 aliphatic heterocycles. The van der Waals surface area contributed by atoms with Gasteiger partial charge in [0.05, 0.1) is 17.5 Å². The van der Waals surface area contributed by atoms with Crippen LogP contribution in [0.25, 0.3) is 0 Å². The molecule has 0 saturated carbocycles. The Bertz CT molecular complexity index is 1210. The van der Waals surface area contributed by atoms with Gasteiger partial charge in [-0.15, -0.1) is 0 Å². The molecule has 3 aromatic carbocycles. The maximum absolute atomic E-state index is 13.5. The first-order valence-corrected chi connectivity index (χ1v) is 14.1. The number of carbonyl (C=O) groups excluding carboxylic acids is 2. The highest BCUT2D eigenvalue weighted by atomic mass is 16.2. The zero-order valence-corrected chi connectivity index (χ0v) is 23.1. The third kappa shape index (κ3) is 6.57. The lowest BCUT2D eigenvalue weighted by Gasteiger charge is -2.31. The minimum atomic E-state index is -0.565. The lowest BCUT2D eigenvalue weighted by molar-refractivity contribution is -0.138. The van der Waals surface area contributed by atoms with Gasteiger partial charge in [-0.2, -0.15) is 5.26 Å². The molecule has 0 spiro atoms. The summed E-state index contributed by atoms with van der Waals surface area (Å²) < 4.78 is 0. The van der Waals surface area contributed by atoms with E-state index in [1.807, 2.05) is 91.0 Å². The maximum Gasteiger partial charge on any atom is 0.243 e. The first-order chi connectivity index (χ1) is 19.0. The van der Waals surface area contributed by atoms with E-state index >= 15 is 0 Å². The number of unbranched alkanes of at least 4 members (excludes halogenated alkanes) is 1. The van der Waals surface area contributed by atoms with E-state index in [1.54, 1.807) is 4.90 Å². The van der Waals surface area contributed by atoms with Gasteiger partial charge in [-0.3, -0.25) is 9.59 Å². The van der Waals surface area contributed by atoms with E-state index in [1.165, 1.54) is 0 Å². The molecule has 0 aromatic heterocycles. The highest BCUT2D eigenvalue weighted by molar-refractivity contribution is 5.88. The SMILES string of the molecule is CC(C)[C@](C#N)(CCCCC(=O)N1CCC[C@@H]1C(=O)NC(c1ccccc1)c1ccccc1)c1ccccc1. The normalized spacial score (nSPS) is 16.6. The average Bonchev–Trinajstić information content (AvgIpc) is 3.48. The van der Waals surface area contributed by atoms with Crippen molar-refractivity contribution in [2.24, 2.45) is 5.92 Å². The van der Waals surface area contributed by atoms with E-state index in [-0.39, 0.29) is 23.8 Å². The van der Waals surface area contributed by atoms with Gasteiger partial charge in [0.25, 0.3) is 0 Å². The van der Waals surface area contributed by atoms with Crippen LogP contribution in [0.3, 0.4) is 0 Å². The molecule has 5 nitrogen and oxygen atoms in total. The monoisotopic (exact) mass is 521 g/mol. The van der Waals surface area contributed by atoms with Gasteiger partial charge in [0.2, 0.25) is 11.8 Å². The molecule has 202 valence electrons. The van der Waals surface area contributed by atoms with E-state index in [4.69, 9.17) is 0 Å². The molecular formula is C34H39N3O2. The van der Waals surface area contributed by atoms with Crippen LogP contribution in [0, 0.1) is 17.2 Å². The van der Waals surface area contributed by atoms with Gasteiger partial charge < -0.3 is 10.2 Å². The molecule has 4 rings (SSSR count). The van der Waals surface area contributed by atoms with Gasteiger partial charge in [0.1, 0.15) is 6.04 Å². The largest absolute Gasteiger partial charge is 0.343 e. The molecule has 1 N–H and O–H groups in total. The second-order valence-corrected chi connectivity index (χ2v) is 10.8. The quantitative estimate of drug-likeness (QED) is 0.290. The van der Waals surface area contributed by atoms with Crippen molar-refractivity contribution in [3.8, 4) is 6.07 Å². The summed E-state index contributed by atoms with van der Waals surface area (Å²) in [5.74, 6) is 0.0795. The van der Waals surface area contributed by atoms with Crippen LogP contribution in [-0.4, -0.2) is 29.3 Å². The number of nitriles is 1. The highest BCUT2D eigenvalue weighted by Crippen LogP contribution is 2.37. The lowest BCUT2D eigenvalue weighted by atomic mass is 9.69. The molecule has 0 unspecified atom stereocenters. The molecule has 1 aliphatic rings. The van der Waals surface area contributed by atoms with Crippen molar-refractivity contribution in [1.29, 1.82) is 5.26 Å². The molecule has 3 aromatic rings. The van der Waals surface area contributed by atoms with Crippen LogP contribution in [0.4, 0.5) is 0 Å². The number of nitrogens with one attached hydrogen (secondary N) is 1. The van der Waals surface area contributed by atoms with Crippen molar-refractivity contribution in [1.82, 2.24) is 10.2 Å². The molecule has 0 radical (unpaired) electrons. The third-order valence-electron chi connectivity index (χ3n) is 8.11. The summed E-state index contributed by atoms with van der Waals surface area (Å²) in [6, 6.07) is 31.7. The van der Waals surface area contributed by atoms with E-state index in [9.17, 15) is 14.9 Å². The van der Waals surface area contributed by atoms with Gasteiger partial charge in [-0.05, 0) is 48.3 Å². The Morgan fingerprint density at radius 2 is 1.49 bits per heavy atom. The van der Waals surface area contributed by atoms with E-state index < -0.39 is 11.5 Å². The number of likely N-dealkylation sites (tertiary alicyclic amines) is 1. The van der Waals surface area contributed by atoms with Crippen LogP contribution in [0.2, 0.25) is 0 Å². The molecule has 5 heteroatoms. The number of hydrogen-bond donors (Lipinski definition) is 1. The Kier molecular flexibility index (Phi) is 9.54. The molecule has 2 atom stereocenters. The van der Waals surface area contributed by atoms with Gasteiger partial charge in [-0.25, -0.2) is 0 Å². The first kappa shape index (κ1) is 28.1. The zero-order chi connectivity index (χ0) is 27.7. The molecule has 1 fully saturated rings. The number of amides is 2. The maximum atomic E-state index is 13.5. The molecule has 1 saturated heterocycles. The summed E-state index contributed by atoms with van der Waals surface area (Å²) in [6.45, 7) is 4.79. The second kappa shape index (κ2) is 13.2. The van der Waals surface area contributed by atoms with Crippen molar-refractivity contribution in [3.63, 3.8) is 0 Å². The fourth-order valence-electron chi connectivity index (χ4n) is 5.80. The lowest BCUT2D eigenvalue weighted by Crippen LogP contribution is -2.47. The van der Waals surface area contributed by atoms with Crippen molar-refractivity contribution in [2.75, 3.05) is 6.54 Å². The summed E-state index contributed by atoms with van der Waals surface area (Å²) in [5.41, 5.74) is 2.50. The number of nitrogens with zero attached hydrogens (tertiary/aromatic N) is 2. The summed E-state index contributed by atoms with van der Waals surface area (Å²) in [5, 5.41) is 13.4. The van der Waals surface area contributed by atoms with Crippen LogP contribution in [-0.2, 0) is 15.0 Å². The number of carbonyl (C=O) groups is 2. The summed E-state index contributed by atoms with van der Waals surface area (Å²) in [6.07, 6.45) is 4.07. The minimum Gasteiger partial charge on any atom is -0.343 e. The van der Waals surface area contributed by atoms with Crippen molar-refractivity contribution < 1.29 is 9.59 Å².